The van der Waals surface area contributed by atoms with Crippen LogP contribution in [0.5, 0.6) is 0 Å². The standard InChI is InChI=1S/C13H16BrClN2O2/c1-3-19-13(18)11-6-10(4-5-12(11)15)17-8-9(14)7-16(17)2/h4-6,9H,3,7-8H2,1-2H3. The average molecular weight is 348 g/mol. The molecule has 1 aliphatic heterocycles. The first-order chi connectivity index (χ1) is 9.02. The topological polar surface area (TPSA) is 32.8 Å². The van der Waals surface area contributed by atoms with Crippen LogP contribution >= 0.6 is 27.5 Å². The predicted molar refractivity (Wildman–Crippen MR) is 80.1 cm³/mol. The van der Waals surface area contributed by atoms with E-state index in [4.69, 9.17) is 16.3 Å². The number of hydrogen-bond acceptors (Lipinski definition) is 4. The van der Waals surface area contributed by atoms with E-state index in [9.17, 15) is 4.79 Å². The number of carbonyl (C=O) groups is 1. The highest BCUT2D eigenvalue weighted by atomic mass is 79.9. The maximum Gasteiger partial charge on any atom is 0.339 e. The Hall–Kier alpha value is -0.780. The van der Waals surface area contributed by atoms with Gasteiger partial charge in [-0.3, -0.25) is 0 Å². The van der Waals surface area contributed by atoms with Gasteiger partial charge in [-0.05, 0) is 25.1 Å². The Kier molecular flexibility index (Phi) is 4.71. The summed E-state index contributed by atoms with van der Waals surface area (Å²) in [5, 5.41) is 4.63. The molecule has 1 unspecified atom stereocenters. The van der Waals surface area contributed by atoms with Gasteiger partial charge in [-0.25, -0.2) is 9.80 Å². The summed E-state index contributed by atoms with van der Waals surface area (Å²) in [5.41, 5.74) is 1.35. The molecule has 1 aliphatic rings. The third-order valence-corrected chi connectivity index (χ3v) is 3.90. The van der Waals surface area contributed by atoms with E-state index < -0.39 is 0 Å². The maximum atomic E-state index is 11.8. The lowest BCUT2D eigenvalue weighted by atomic mass is 10.2. The second kappa shape index (κ2) is 6.11. The molecular formula is C13H16BrClN2O2. The molecule has 1 aromatic carbocycles. The van der Waals surface area contributed by atoms with Crippen LogP contribution < -0.4 is 5.01 Å². The van der Waals surface area contributed by atoms with Crippen molar-refractivity contribution in [3.63, 3.8) is 0 Å². The molecule has 19 heavy (non-hydrogen) atoms. The molecule has 0 saturated carbocycles. The van der Waals surface area contributed by atoms with Gasteiger partial charge in [0, 0.05) is 25.0 Å². The van der Waals surface area contributed by atoms with Crippen molar-refractivity contribution in [1.82, 2.24) is 5.01 Å². The molecule has 1 fully saturated rings. The van der Waals surface area contributed by atoms with Gasteiger partial charge < -0.3 is 9.75 Å². The molecule has 104 valence electrons. The lowest BCUT2D eigenvalue weighted by molar-refractivity contribution is 0.0526. The van der Waals surface area contributed by atoms with Crippen LogP contribution in [0.3, 0.4) is 0 Å². The summed E-state index contributed by atoms with van der Waals surface area (Å²) in [4.78, 5) is 12.2. The van der Waals surface area contributed by atoms with Crippen molar-refractivity contribution in [2.75, 3.05) is 31.8 Å². The summed E-state index contributed by atoms with van der Waals surface area (Å²) in [5.74, 6) is -0.383. The second-order valence-electron chi connectivity index (χ2n) is 4.40. The highest BCUT2D eigenvalue weighted by molar-refractivity contribution is 9.09. The van der Waals surface area contributed by atoms with Gasteiger partial charge in [0.2, 0.25) is 0 Å². The zero-order valence-electron chi connectivity index (χ0n) is 10.9. The highest BCUT2D eigenvalue weighted by Gasteiger charge is 2.26. The van der Waals surface area contributed by atoms with Crippen LogP contribution in [0.2, 0.25) is 5.02 Å². The molecule has 0 radical (unpaired) electrons. The molecule has 6 heteroatoms. The summed E-state index contributed by atoms with van der Waals surface area (Å²) in [6.07, 6.45) is 0. The van der Waals surface area contributed by atoms with Crippen molar-refractivity contribution < 1.29 is 9.53 Å². The Morgan fingerprint density at radius 1 is 1.53 bits per heavy atom. The molecule has 0 spiro atoms. The number of rotatable bonds is 3. The van der Waals surface area contributed by atoms with Gasteiger partial charge in [0.25, 0.3) is 0 Å². The summed E-state index contributed by atoms with van der Waals surface area (Å²) < 4.78 is 5.01. The molecule has 0 aromatic heterocycles. The lowest BCUT2D eigenvalue weighted by Crippen LogP contribution is -2.33. The Labute approximate surface area is 126 Å². The molecule has 2 rings (SSSR count). The fraction of sp³-hybridized carbons (Fsp3) is 0.462. The third-order valence-electron chi connectivity index (χ3n) is 2.99. The highest BCUT2D eigenvalue weighted by Crippen LogP contribution is 2.28. The number of nitrogens with zero attached hydrogens (tertiary/aromatic N) is 2. The van der Waals surface area contributed by atoms with Gasteiger partial charge in [0.15, 0.2) is 0 Å². The normalized spacial score (nSPS) is 19.8. The monoisotopic (exact) mass is 346 g/mol. The fourth-order valence-corrected chi connectivity index (χ4v) is 3.00. The average Bonchev–Trinajstić information content (AvgIpc) is 2.69. The van der Waals surface area contributed by atoms with E-state index in [1.54, 1.807) is 19.1 Å². The van der Waals surface area contributed by atoms with E-state index >= 15 is 0 Å². The summed E-state index contributed by atoms with van der Waals surface area (Å²) >= 11 is 9.66. The van der Waals surface area contributed by atoms with Crippen molar-refractivity contribution >= 4 is 39.2 Å². The minimum absolute atomic E-state index is 0.340. The van der Waals surface area contributed by atoms with Gasteiger partial charge in [0.1, 0.15) is 0 Å². The molecule has 1 saturated heterocycles. The van der Waals surface area contributed by atoms with Crippen LogP contribution in [-0.4, -0.2) is 42.5 Å². The molecule has 4 nitrogen and oxygen atoms in total. The number of benzene rings is 1. The molecule has 1 atom stereocenters. The number of hydrogen-bond donors (Lipinski definition) is 0. The number of hydrazine groups is 1. The second-order valence-corrected chi connectivity index (χ2v) is 6.11. The van der Waals surface area contributed by atoms with Crippen molar-refractivity contribution in [3.05, 3.63) is 28.8 Å². The van der Waals surface area contributed by atoms with Gasteiger partial charge >= 0.3 is 5.97 Å². The summed E-state index contributed by atoms with van der Waals surface area (Å²) in [6, 6.07) is 5.42. The van der Waals surface area contributed by atoms with E-state index in [-0.39, 0.29) is 5.97 Å². The minimum atomic E-state index is -0.383. The lowest BCUT2D eigenvalue weighted by Gasteiger charge is -2.26. The first-order valence-corrected chi connectivity index (χ1v) is 7.41. The number of anilines is 1. The SMILES string of the molecule is CCOC(=O)c1cc(N2CC(Br)CN2C)ccc1Cl. The Bertz CT molecular complexity index is 484. The Balaban J connectivity index is 2.28. The minimum Gasteiger partial charge on any atom is -0.462 e. The first kappa shape index (κ1) is 14.6. The molecule has 0 N–H and O–H groups in total. The molecule has 0 amide bonds. The number of alkyl halides is 1. The van der Waals surface area contributed by atoms with Crippen molar-refractivity contribution in [2.45, 2.75) is 11.8 Å². The van der Waals surface area contributed by atoms with Gasteiger partial charge in [-0.15, -0.1) is 0 Å². The zero-order chi connectivity index (χ0) is 14.0. The number of esters is 1. The van der Waals surface area contributed by atoms with Crippen LogP contribution in [0.1, 0.15) is 17.3 Å². The number of carbonyl (C=O) groups excluding carboxylic acids is 1. The smallest absolute Gasteiger partial charge is 0.339 e. The quantitative estimate of drug-likeness (QED) is 0.622. The largest absolute Gasteiger partial charge is 0.462 e. The van der Waals surface area contributed by atoms with Crippen LogP contribution in [0, 0.1) is 0 Å². The van der Waals surface area contributed by atoms with E-state index in [0.29, 0.717) is 22.0 Å². The van der Waals surface area contributed by atoms with Gasteiger partial charge in [-0.1, -0.05) is 27.5 Å². The van der Waals surface area contributed by atoms with Gasteiger partial charge in [0.05, 0.1) is 22.9 Å². The molecule has 1 heterocycles. The molecule has 0 aliphatic carbocycles. The number of halogens is 2. The van der Waals surface area contributed by atoms with Crippen molar-refractivity contribution in [3.8, 4) is 0 Å². The van der Waals surface area contributed by atoms with Gasteiger partial charge in [-0.2, -0.15) is 0 Å². The van der Waals surface area contributed by atoms with E-state index in [1.165, 1.54) is 0 Å². The number of ether oxygens (including phenoxy) is 1. The van der Waals surface area contributed by atoms with Crippen LogP contribution in [0.25, 0.3) is 0 Å². The Morgan fingerprint density at radius 3 is 2.84 bits per heavy atom. The predicted octanol–water partition coefficient (Wildman–Crippen LogP) is 2.95. The van der Waals surface area contributed by atoms with E-state index in [2.05, 4.69) is 25.9 Å². The fourth-order valence-electron chi connectivity index (χ4n) is 2.11. The van der Waals surface area contributed by atoms with Crippen molar-refractivity contribution in [2.24, 2.45) is 0 Å². The van der Waals surface area contributed by atoms with Crippen LogP contribution in [0.4, 0.5) is 5.69 Å². The zero-order valence-corrected chi connectivity index (χ0v) is 13.2. The molecule has 0 bridgehead atoms. The molecular weight excluding hydrogens is 332 g/mol. The van der Waals surface area contributed by atoms with Crippen molar-refractivity contribution in [1.29, 1.82) is 0 Å². The first-order valence-electron chi connectivity index (χ1n) is 6.12. The van der Waals surface area contributed by atoms with E-state index in [0.717, 1.165) is 18.8 Å². The third kappa shape index (κ3) is 3.22. The maximum absolute atomic E-state index is 11.8. The van der Waals surface area contributed by atoms with E-state index in [1.807, 2.05) is 13.1 Å². The Morgan fingerprint density at radius 2 is 2.26 bits per heavy atom. The summed E-state index contributed by atoms with van der Waals surface area (Å²) in [6.45, 7) is 3.91. The summed E-state index contributed by atoms with van der Waals surface area (Å²) in [7, 11) is 2.01. The van der Waals surface area contributed by atoms with Crippen LogP contribution in [-0.2, 0) is 4.74 Å². The molecule has 1 aromatic rings. The van der Waals surface area contributed by atoms with Crippen LogP contribution in [0.15, 0.2) is 18.2 Å².